The maximum Gasteiger partial charge on any atom is 0.573 e. The number of aromatic amines is 1. The molecule has 152 valence electrons. The predicted octanol–water partition coefficient (Wildman–Crippen LogP) is 3.48. The molecule has 2 aromatic heterocycles. The number of hydrogen-bond donors (Lipinski definition) is 3. The monoisotopic (exact) mass is 410 g/mol. The molecule has 0 atom stereocenters. The van der Waals surface area contributed by atoms with Crippen molar-refractivity contribution >= 4 is 34.3 Å². The van der Waals surface area contributed by atoms with E-state index in [2.05, 4.69) is 25.0 Å². The molecule has 0 unspecified atom stereocenters. The minimum Gasteiger partial charge on any atom is -0.476 e. The Morgan fingerprint density at radius 2 is 2.03 bits per heavy atom. The first kappa shape index (κ1) is 19.9. The molecular formula is C17H13F3N4O5. The van der Waals surface area contributed by atoms with Gasteiger partial charge in [-0.15, -0.1) is 13.2 Å². The number of carbonyl (C=O) groups is 2. The lowest BCUT2D eigenvalue weighted by molar-refractivity contribution is -0.274. The van der Waals surface area contributed by atoms with E-state index in [1.807, 2.05) is 0 Å². The minimum atomic E-state index is -4.92. The lowest BCUT2D eigenvalue weighted by Gasteiger charge is -2.15. The second-order valence-corrected chi connectivity index (χ2v) is 5.55. The summed E-state index contributed by atoms with van der Waals surface area (Å²) in [5.41, 5.74) is -0.242. The SMILES string of the molecule is CCOC(=O)c1cnc2ccc(OC(F)(F)F)cc2c1Nc1nc[nH]c1C(=O)O. The van der Waals surface area contributed by atoms with Crippen LogP contribution < -0.4 is 10.1 Å². The van der Waals surface area contributed by atoms with Crippen LogP contribution in [0.1, 0.15) is 27.8 Å². The number of anilines is 2. The zero-order valence-electron chi connectivity index (χ0n) is 14.7. The fourth-order valence-corrected chi connectivity index (χ4v) is 2.54. The van der Waals surface area contributed by atoms with Crippen molar-refractivity contribution in [2.75, 3.05) is 11.9 Å². The van der Waals surface area contributed by atoms with E-state index in [9.17, 15) is 27.9 Å². The number of imidazole rings is 1. The Bertz CT molecular complexity index is 1080. The Morgan fingerprint density at radius 1 is 1.28 bits per heavy atom. The van der Waals surface area contributed by atoms with Gasteiger partial charge in [0.05, 0.1) is 24.1 Å². The lowest BCUT2D eigenvalue weighted by Crippen LogP contribution is -2.17. The van der Waals surface area contributed by atoms with Crippen LogP contribution in [0.4, 0.5) is 24.7 Å². The van der Waals surface area contributed by atoms with Crippen LogP contribution in [0.3, 0.4) is 0 Å². The Labute approximate surface area is 160 Å². The molecule has 1 aromatic carbocycles. The Kier molecular flexibility index (Phi) is 5.26. The van der Waals surface area contributed by atoms with Crippen LogP contribution in [0.15, 0.2) is 30.7 Å². The van der Waals surface area contributed by atoms with Gasteiger partial charge in [0.2, 0.25) is 0 Å². The molecule has 0 saturated heterocycles. The van der Waals surface area contributed by atoms with E-state index in [4.69, 9.17) is 4.74 Å². The number of rotatable bonds is 6. The fraction of sp³-hybridized carbons (Fsp3) is 0.176. The summed E-state index contributed by atoms with van der Waals surface area (Å²) in [6, 6.07) is 3.35. The number of halogens is 3. The highest BCUT2D eigenvalue weighted by Gasteiger charge is 2.31. The number of H-pyrrole nitrogens is 1. The highest BCUT2D eigenvalue weighted by Crippen LogP contribution is 2.34. The molecule has 0 bridgehead atoms. The molecule has 0 amide bonds. The minimum absolute atomic E-state index is 0.0318. The topological polar surface area (TPSA) is 126 Å². The van der Waals surface area contributed by atoms with E-state index in [1.54, 1.807) is 6.92 Å². The smallest absolute Gasteiger partial charge is 0.476 e. The van der Waals surface area contributed by atoms with Gasteiger partial charge in [0.15, 0.2) is 11.5 Å². The maximum absolute atomic E-state index is 12.6. The van der Waals surface area contributed by atoms with E-state index in [1.165, 1.54) is 12.3 Å². The number of aromatic carboxylic acids is 1. The number of fused-ring (bicyclic) bond motifs is 1. The third kappa shape index (κ3) is 4.36. The molecule has 0 aliphatic heterocycles. The van der Waals surface area contributed by atoms with E-state index >= 15 is 0 Å². The van der Waals surface area contributed by atoms with Gasteiger partial charge in [-0.25, -0.2) is 14.6 Å². The summed E-state index contributed by atoms with van der Waals surface area (Å²) in [5, 5.41) is 12.0. The zero-order valence-corrected chi connectivity index (χ0v) is 14.7. The first-order valence-electron chi connectivity index (χ1n) is 8.09. The predicted molar refractivity (Wildman–Crippen MR) is 93.2 cm³/mol. The summed E-state index contributed by atoms with van der Waals surface area (Å²) in [6.45, 7) is 1.61. The number of hydrogen-bond acceptors (Lipinski definition) is 7. The molecule has 3 aromatic rings. The second-order valence-electron chi connectivity index (χ2n) is 5.55. The van der Waals surface area contributed by atoms with Gasteiger partial charge in [0.25, 0.3) is 0 Å². The van der Waals surface area contributed by atoms with Crippen molar-refractivity contribution in [3.63, 3.8) is 0 Å². The van der Waals surface area contributed by atoms with E-state index in [-0.39, 0.29) is 40.3 Å². The van der Waals surface area contributed by atoms with Crippen LogP contribution >= 0.6 is 0 Å². The number of carbonyl (C=O) groups excluding carboxylic acids is 1. The normalized spacial score (nSPS) is 11.3. The average molecular weight is 410 g/mol. The average Bonchev–Trinajstić information content (AvgIpc) is 3.09. The summed E-state index contributed by atoms with van der Waals surface area (Å²) >= 11 is 0. The van der Waals surface area contributed by atoms with Gasteiger partial charge in [-0.05, 0) is 25.1 Å². The maximum atomic E-state index is 12.6. The lowest BCUT2D eigenvalue weighted by atomic mass is 10.1. The standard InChI is InChI=1S/C17H13F3N4O5/c1-2-28-16(27)10-6-21-11-4-3-8(29-17(18,19)20)5-9(11)12(10)24-14-13(15(25)26)22-7-23-14/h3-7H,2H2,1H3,(H,21,24)(H,22,23)(H,25,26). The molecule has 0 aliphatic carbocycles. The van der Waals surface area contributed by atoms with Gasteiger partial charge in [-0.1, -0.05) is 0 Å². The highest BCUT2D eigenvalue weighted by atomic mass is 19.4. The summed E-state index contributed by atoms with van der Waals surface area (Å²) in [4.78, 5) is 33.9. The molecule has 9 nitrogen and oxygen atoms in total. The summed E-state index contributed by atoms with van der Waals surface area (Å²) in [5.74, 6) is -2.84. The number of aromatic nitrogens is 3. The van der Waals surface area contributed by atoms with Crippen molar-refractivity contribution in [2.24, 2.45) is 0 Å². The number of nitrogens with one attached hydrogen (secondary N) is 2. The summed E-state index contributed by atoms with van der Waals surface area (Å²) in [7, 11) is 0. The number of ether oxygens (including phenoxy) is 2. The van der Waals surface area contributed by atoms with E-state index in [0.717, 1.165) is 18.5 Å². The van der Waals surface area contributed by atoms with Gasteiger partial charge in [-0.3, -0.25) is 4.98 Å². The summed E-state index contributed by atoms with van der Waals surface area (Å²) in [6.07, 6.45) is -2.65. The molecule has 2 heterocycles. The molecule has 0 radical (unpaired) electrons. The summed E-state index contributed by atoms with van der Waals surface area (Å²) < 4.78 is 46.6. The van der Waals surface area contributed by atoms with Crippen LogP contribution in [0, 0.1) is 0 Å². The number of nitrogens with zero attached hydrogens (tertiary/aromatic N) is 2. The van der Waals surface area contributed by atoms with Gasteiger partial charge in [0, 0.05) is 11.6 Å². The van der Waals surface area contributed by atoms with Crippen LogP contribution in [0.5, 0.6) is 5.75 Å². The number of carboxylic acids is 1. The molecular weight excluding hydrogens is 397 g/mol. The molecule has 3 N–H and O–H groups in total. The van der Waals surface area contributed by atoms with Gasteiger partial charge in [0.1, 0.15) is 11.3 Å². The van der Waals surface area contributed by atoms with Crippen molar-refractivity contribution in [2.45, 2.75) is 13.3 Å². The number of benzene rings is 1. The highest BCUT2D eigenvalue weighted by molar-refractivity contribution is 6.07. The molecule has 3 rings (SSSR count). The van der Waals surface area contributed by atoms with Crippen molar-refractivity contribution < 1.29 is 37.3 Å². The van der Waals surface area contributed by atoms with E-state index in [0.29, 0.717) is 0 Å². The number of pyridine rings is 1. The van der Waals surface area contributed by atoms with Gasteiger partial charge in [-0.2, -0.15) is 0 Å². The molecule has 0 saturated carbocycles. The third-order valence-electron chi connectivity index (χ3n) is 3.66. The third-order valence-corrected chi connectivity index (χ3v) is 3.66. The quantitative estimate of drug-likeness (QED) is 0.527. The van der Waals surface area contributed by atoms with Crippen molar-refractivity contribution in [1.82, 2.24) is 15.0 Å². The van der Waals surface area contributed by atoms with Gasteiger partial charge >= 0.3 is 18.3 Å². The number of carboxylic acid groups (broad SMARTS) is 1. The van der Waals surface area contributed by atoms with Crippen molar-refractivity contribution in [3.05, 3.63) is 42.0 Å². The van der Waals surface area contributed by atoms with Crippen LogP contribution in [0.25, 0.3) is 10.9 Å². The van der Waals surface area contributed by atoms with Crippen LogP contribution in [0.2, 0.25) is 0 Å². The van der Waals surface area contributed by atoms with Crippen molar-refractivity contribution in [1.29, 1.82) is 0 Å². The fourth-order valence-electron chi connectivity index (χ4n) is 2.54. The molecule has 12 heteroatoms. The van der Waals surface area contributed by atoms with Crippen LogP contribution in [-0.4, -0.2) is 45.0 Å². The Hall–Kier alpha value is -3.83. The molecule has 0 fully saturated rings. The largest absolute Gasteiger partial charge is 0.573 e. The molecule has 29 heavy (non-hydrogen) atoms. The first-order chi connectivity index (χ1) is 13.7. The molecule has 0 aliphatic rings. The number of alkyl halides is 3. The number of esters is 1. The first-order valence-corrected chi connectivity index (χ1v) is 8.09. The molecule has 0 spiro atoms. The van der Waals surface area contributed by atoms with Crippen molar-refractivity contribution in [3.8, 4) is 5.75 Å². The van der Waals surface area contributed by atoms with E-state index < -0.39 is 24.1 Å². The van der Waals surface area contributed by atoms with Crippen LogP contribution in [-0.2, 0) is 4.74 Å². The second kappa shape index (κ2) is 7.66. The van der Waals surface area contributed by atoms with Gasteiger partial charge < -0.3 is 24.9 Å². The zero-order chi connectivity index (χ0) is 21.2. The Balaban J connectivity index is 2.18. The Morgan fingerprint density at radius 3 is 2.69 bits per heavy atom.